The molecule has 31 heavy (non-hydrogen) atoms. The van der Waals surface area contributed by atoms with Crippen LogP contribution in [0.3, 0.4) is 0 Å². The zero-order chi connectivity index (χ0) is 21.8. The number of nitrogens with one attached hydrogen (secondary N) is 1. The molecule has 7 nitrogen and oxygen atoms in total. The molecule has 1 aromatic carbocycles. The van der Waals surface area contributed by atoms with Crippen LogP contribution >= 0.6 is 11.6 Å². The second-order valence-electron chi connectivity index (χ2n) is 7.41. The Morgan fingerprint density at radius 3 is 2.61 bits per heavy atom. The van der Waals surface area contributed by atoms with Gasteiger partial charge in [-0.2, -0.15) is 0 Å². The van der Waals surface area contributed by atoms with Crippen molar-refractivity contribution in [3.8, 4) is 0 Å². The highest BCUT2D eigenvalue weighted by Crippen LogP contribution is 2.30. The van der Waals surface area contributed by atoms with E-state index in [9.17, 15) is 9.59 Å². The highest BCUT2D eigenvalue weighted by atomic mass is 35.5. The third-order valence-corrected chi connectivity index (χ3v) is 5.54. The van der Waals surface area contributed by atoms with E-state index in [-0.39, 0.29) is 17.9 Å². The molecular weight excluding hydrogens is 414 g/mol. The predicted octanol–water partition coefficient (Wildman–Crippen LogP) is 4.45. The van der Waals surface area contributed by atoms with Gasteiger partial charge in [-0.1, -0.05) is 17.7 Å². The van der Waals surface area contributed by atoms with Gasteiger partial charge in [0.05, 0.1) is 17.3 Å². The van der Waals surface area contributed by atoms with E-state index >= 15 is 0 Å². The molecule has 1 saturated heterocycles. The van der Waals surface area contributed by atoms with Gasteiger partial charge in [0.25, 0.3) is 11.8 Å². The molecular formula is C23H22ClN5O2. The average Bonchev–Trinajstić information content (AvgIpc) is 2.80. The van der Waals surface area contributed by atoms with Crippen LogP contribution in [0.1, 0.15) is 57.7 Å². The summed E-state index contributed by atoms with van der Waals surface area (Å²) < 4.78 is 0. The van der Waals surface area contributed by atoms with Crippen LogP contribution in [0, 0.1) is 6.92 Å². The van der Waals surface area contributed by atoms with Crippen LogP contribution in [0.5, 0.6) is 0 Å². The van der Waals surface area contributed by atoms with Gasteiger partial charge in [0, 0.05) is 29.6 Å². The summed E-state index contributed by atoms with van der Waals surface area (Å²) in [6.45, 7) is 2.40. The van der Waals surface area contributed by atoms with Crippen LogP contribution in [0.2, 0.25) is 5.02 Å². The zero-order valence-corrected chi connectivity index (χ0v) is 17.8. The standard InChI is InChI=1S/C23H22ClN5O2/c1-15-18(22(30)28-17-10-8-16(24)9-11-17)14-26-21(27-15)20-7-3-5-13-29(20)23(31)19-6-2-4-12-25-19/h2,4,6,8-12,14,20H,3,5,7,13H2,1H3,(H,28,30). The van der Waals surface area contributed by atoms with Crippen LogP contribution in [0.15, 0.2) is 54.9 Å². The third kappa shape index (κ3) is 4.72. The summed E-state index contributed by atoms with van der Waals surface area (Å²) >= 11 is 5.89. The van der Waals surface area contributed by atoms with Gasteiger partial charge in [-0.15, -0.1) is 0 Å². The Morgan fingerprint density at radius 2 is 1.90 bits per heavy atom. The van der Waals surface area contributed by atoms with Crippen molar-refractivity contribution in [1.29, 1.82) is 0 Å². The number of anilines is 1. The Hall–Kier alpha value is -3.32. The van der Waals surface area contributed by atoms with Gasteiger partial charge in [-0.3, -0.25) is 14.6 Å². The number of piperidine rings is 1. The number of nitrogens with zero attached hydrogens (tertiary/aromatic N) is 4. The summed E-state index contributed by atoms with van der Waals surface area (Å²) in [7, 11) is 0. The van der Waals surface area contributed by atoms with Gasteiger partial charge in [0.1, 0.15) is 5.69 Å². The summed E-state index contributed by atoms with van der Waals surface area (Å²) in [5.41, 5.74) is 1.99. The Morgan fingerprint density at radius 1 is 1.10 bits per heavy atom. The van der Waals surface area contributed by atoms with Crippen LogP contribution < -0.4 is 5.32 Å². The molecule has 1 aliphatic heterocycles. The van der Waals surface area contributed by atoms with Crippen molar-refractivity contribution in [2.45, 2.75) is 32.2 Å². The van der Waals surface area contributed by atoms with Crippen molar-refractivity contribution in [2.24, 2.45) is 0 Å². The van der Waals surface area contributed by atoms with Gasteiger partial charge in [0.2, 0.25) is 0 Å². The quantitative estimate of drug-likeness (QED) is 0.653. The summed E-state index contributed by atoms with van der Waals surface area (Å²) in [5.74, 6) is 0.122. The molecule has 1 aliphatic rings. The van der Waals surface area contributed by atoms with Crippen LogP contribution in [-0.2, 0) is 0 Å². The lowest BCUT2D eigenvalue weighted by molar-refractivity contribution is 0.0593. The molecule has 1 unspecified atom stereocenters. The number of hydrogen-bond acceptors (Lipinski definition) is 5. The van der Waals surface area contributed by atoms with Crippen molar-refractivity contribution < 1.29 is 9.59 Å². The molecule has 158 valence electrons. The van der Waals surface area contributed by atoms with Gasteiger partial charge in [0.15, 0.2) is 5.82 Å². The number of amides is 2. The Balaban J connectivity index is 1.55. The number of likely N-dealkylation sites (tertiary alicyclic amines) is 1. The van der Waals surface area contributed by atoms with Crippen molar-refractivity contribution in [1.82, 2.24) is 19.9 Å². The number of rotatable bonds is 4. The van der Waals surface area contributed by atoms with E-state index < -0.39 is 0 Å². The molecule has 4 rings (SSSR count). The molecule has 1 fully saturated rings. The largest absolute Gasteiger partial charge is 0.327 e. The predicted molar refractivity (Wildman–Crippen MR) is 118 cm³/mol. The Labute approximate surface area is 185 Å². The second-order valence-corrected chi connectivity index (χ2v) is 7.85. The molecule has 1 atom stereocenters. The van der Waals surface area contributed by atoms with Crippen LogP contribution in [0.25, 0.3) is 0 Å². The summed E-state index contributed by atoms with van der Waals surface area (Å²) in [5, 5.41) is 3.42. The maximum absolute atomic E-state index is 13.0. The van der Waals surface area contributed by atoms with Gasteiger partial charge >= 0.3 is 0 Å². The minimum Gasteiger partial charge on any atom is -0.327 e. The van der Waals surface area contributed by atoms with Gasteiger partial charge in [-0.25, -0.2) is 9.97 Å². The van der Waals surface area contributed by atoms with E-state index in [1.807, 2.05) is 0 Å². The smallest absolute Gasteiger partial charge is 0.273 e. The lowest BCUT2D eigenvalue weighted by Crippen LogP contribution is -2.39. The first kappa shape index (κ1) is 20.9. The van der Waals surface area contributed by atoms with Crippen molar-refractivity contribution >= 4 is 29.1 Å². The second kappa shape index (κ2) is 9.22. The molecule has 2 aromatic heterocycles. The lowest BCUT2D eigenvalue weighted by atomic mass is 10.0. The van der Waals surface area contributed by atoms with Crippen molar-refractivity contribution in [2.75, 3.05) is 11.9 Å². The van der Waals surface area contributed by atoms with E-state index in [1.165, 1.54) is 6.20 Å². The Kier molecular flexibility index (Phi) is 6.23. The summed E-state index contributed by atoms with van der Waals surface area (Å²) in [6.07, 6.45) is 5.82. The Bertz CT molecular complexity index is 1090. The number of halogens is 1. The molecule has 3 heterocycles. The third-order valence-electron chi connectivity index (χ3n) is 5.29. The summed E-state index contributed by atoms with van der Waals surface area (Å²) in [4.78, 5) is 40.7. The number of hydrogen-bond donors (Lipinski definition) is 1. The van der Waals surface area contributed by atoms with Gasteiger partial charge < -0.3 is 10.2 Å². The van der Waals surface area contributed by atoms with E-state index in [4.69, 9.17) is 11.6 Å². The highest BCUT2D eigenvalue weighted by Gasteiger charge is 2.31. The molecule has 0 aliphatic carbocycles. The van der Waals surface area contributed by atoms with E-state index in [0.29, 0.717) is 40.0 Å². The number of aromatic nitrogens is 3. The van der Waals surface area contributed by atoms with Crippen LogP contribution in [0.4, 0.5) is 5.69 Å². The number of pyridine rings is 1. The zero-order valence-electron chi connectivity index (χ0n) is 17.1. The molecule has 0 bridgehead atoms. The topological polar surface area (TPSA) is 88.1 Å². The minimum atomic E-state index is -0.295. The molecule has 0 saturated carbocycles. The minimum absolute atomic E-state index is 0.129. The molecule has 0 spiro atoms. The van der Waals surface area contributed by atoms with E-state index in [1.54, 1.807) is 60.5 Å². The van der Waals surface area contributed by atoms with E-state index in [0.717, 1.165) is 19.3 Å². The first-order valence-electron chi connectivity index (χ1n) is 10.2. The van der Waals surface area contributed by atoms with Gasteiger partial charge in [-0.05, 0) is 62.6 Å². The first-order chi connectivity index (χ1) is 15.0. The number of carbonyl (C=O) groups excluding carboxylic acids is 2. The fraction of sp³-hybridized carbons (Fsp3) is 0.261. The van der Waals surface area contributed by atoms with Crippen LogP contribution in [-0.4, -0.2) is 38.2 Å². The lowest BCUT2D eigenvalue weighted by Gasteiger charge is -2.34. The van der Waals surface area contributed by atoms with E-state index in [2.05, 4.69) is 20.3 Å². The molecule has 2 amide bonds. The highest BCUT2D eigenvalue weighted by molar-refractivity contribution is 6.30. The monoisotopic (exact) mass is 435 g/mol. The maximum atomic E-state index is 13.0. The molecule has 1 N–H and O–H groups in total. The first-order valence-corrected chi connectivity index (χ1v) is 10.5. The summed E-state index contributed by atoms with van der Waals surface area (Å²) in [6, 6.07) is 11.9. The maximum Gasteiger partial charge on any atom is 0.273 e. The molecule has 0 radical (unpaired) electrons. The number of aryl methyl sites for hydroxylation is 1. The fourth-order valence-corrected chi connectivity index (χ4v) is 3.81. The number of carbonyl (C=O) groups is 2. The van der Waals surface area contributed by atoms with Crippen molar-refractivity contribution in [3.05, 3.63) is 82.7 Å². The SMILES string of the molecule is Cc1nc(C2CCCCN2C(=O)c2ccccn2)ncc1C(=O)Nc1ccc(Cl)cc1. The fourth-order valence-electron chi connectivity index (χ4n) is 3.68. The molecule has 3 aromatic rings. The molecule has 8 heteroatoms. The normalized spacial score (nSPS) is 16.1. The number of benzene rings is 1. The average molecular weight is 436 g/mol. The van der Waals surface area contributed by atoms with Crippen molar-refractivity contribution in [3.63, 3.8) is 0 Å².